The predicted octanol–water partition coefficient (Wildman–Crippen LogP) is -0.0972. The van der Waals surface area contributed by atoms with E-state index in [1.807, 2.05) is 13.8 Å². The summed E-state index contributed by atoms with van der Waals surface area (Å²) in [6.45, 7) is 4.53. The number of carbonyl (C=O) groups excluding carboxylic acids is 1. The first-order valence-corrected chi connectivity index (χ1v) is 5.19. The zero-order chi connectivity index (χ0) is 11.6. The quantitative estimate of drug-likeness (QED) is 0.684. The van der Waals surface area contributed by atoms with E-state index in [2.05, 4.69) is 0 Å². The van der Waals surface area contributed by atoms with Gasteiger partial charge in [-0.05, 0) is 18.4 Å². The monoisotopic (exact) mass is 214 g/mol. The van der Waals surface area contributed by atoms with E-state index in [4.69, 9.17) is 10.8 Å². The van der Waals surface area contributed by atoms with Crippen LogP contribution >= 0.6 is 0 Å². The third-order valence-electron chi connectivity index (χ3n) is 2.79. The molecule has 1 rings (SSSR count). The molecular formula is C10H18N2O3. The molecule has 1 aliphatic heterocycles. The second kappa shape index (κ2) is 4.61. The third kappa shape index (κ3) is 2.47. The lowest BCUT2D eigenvalue weighted by Crippen LogP contribution is -2.45. The number of carboxylic acid groups (broad SMARTS) is 1. The van der Waals surface area contributed by atoms with Gasteiger partial charge in [0.25, 0.3) is 0 Å². The summed E-state index contributed by atoms with van der Waals surface area (Å²) in [4.78, 5) is 24.1. The molecule has 1 unspecified atom stereocenters. The molecule has 86 valence electrons. The number of likely N-dealkylation sites (tertiary alicyclic amines) is 1. The van der Waals surface area contributed by atoms with Crippen LogP contribution in [0.5, 0.6) is 0 Å². The Bertz CT molecular complexity index is 265. The molecule has 0 bridgehead atoms. The highest BCUT2D eigenvalue weighted by atomic mass is 16.4. The zero-order valence-corrected chi connectivity index (χ0v) is 9.14. The minimum atomic E-state index is -0.934. The van der Waals surface area contributed by atoms with Crippen LogP contribution in [0.4, 0.5) is 0 Å². The van der Waals surface area contributed by atoms with E-state index in [-0.39, 0.29) is 17.7 Å². The van der Waals surface area contributed by atoms with Gasteiger partial charge in [0.05, 0.1) is 0 Å². The number of amides is 1. The number of hydrogen-bond donors (Lipinski definition) is 2. The number of rotatable bonds is 4. The van der Waals surface area contributed by atoms with Crippen LogP contribution in [0.3, 0.4) is 0 Å². The van der Waals surface area contributed by atoms with Crippen LogP contribution in [0.2, 0.25) is 0 Å². The van der Waals surface area contributed by atoms with Crippen LogP contribution in [0.25, 0.3) is 0 Å². The van der Waals surface area contributed by atoms with Crippen LogP contribution in [0.1, 0.15) is 20.3 Å². The maximum atomic E-state index is 11.6. The first kappa shape index (κ1) is 12.0. The predicted molar refractivity (Wildman–Crippen MR) is 55.1 cm³/mol. The van der Waals surface area contributed by atoms with E-state index in [1.54, 1.807) is 0 Å². The molecule has 0 spiro atoms. The standard InChI is InChI=1S/C10H18N2O3/c1-6(2)9(10(14)15)12-5-7(4-11)3-8(12)13/h6-7,9H,3-5,11H2,1-2H3,(H,14,15)/t7?,9-/m1/s1. The molecule has 5 nitrogen and oxygen atoms in total. The molecule has 1 aliphatic rings. The van der Waals surface area contributed by atoms with E-state index in [0.29, 0.717) is 19.5 Å². The van der Waals surface area contributed by atoms with Crippen LogP contribution in [0.15, 0.2) is 0 Å². The fourth-order valence-electron chi connectivity index (χ4n) is 2.01. The Balaban J connectivity index is 2.77. The minimum Gasteiger partial charge on any atom is -0.480 e. The van der Waals surface area contributed by atoms with Crippen molar-refractivity contribution in [1.29, 1.82) is 0 Å². The van der Waals surface area contributed by atoms with Crippen molar-refractivity contribution < 1.29 is 14.7 Å². The van der Waals surface area contributed by atoms with Gasteiger partial charge in [0, 0.05) is 13.0 Å². The molecule has 1 heterocycles. The summed E-state index contributed by atoms with van der Waals surface area (Å²) in [6.07, 6.45) is 0.382. The topological polar surface area (TPSA) is 83.6 Å². The van der Waals surface area contributed by atoms with Crippen LogP contribution in [-0.4, -0.2) is 41.0 Å². The van der Waals surface area contributed by atoms with Gasteiger partial charge in [-0.15, -0.1) is 0 Å². The van der Waals surface area contributed by atoms with Crippen molar-refractivity contribution in [1.82, 2.24) is 4.90 Å². The van der Waals surface area contributed by atoms with E-state index < -0.39 is 12.0 Å². The fourth-order valence-corrected chi connectivity index (χ4v) is 2.01. The lowest BCUT2D eigenvalue weighted by atomic mass is 10.0. The normalized spacial score (nSPS) is 23.6. The Morgan fingerprint density at radius 3 is 2.60 bits per heavy atom. The summed E-state index contributed by atoms with van der Waals surface area (Å²) in [5.41, 5.74) is 5.48. The summed E-state index contributed by atoms with van der Waals surface area (Å²) in [6, 6.07) is -0.714. The lowest BCUT2D eigenvalue weighted by Gasteiger charge is -2.27. The molecule has 1 fully saturated rings. The van der Waals surface area contributed by atoms with Crippen LogP contribution < -0.4 is 5.73 Å². The molecule has 0 radical (unpaired) electrons. The number of aliphatic carboxylic acids is 1. The first-order valence-electron chi connectivity index (χ1n) is 5.19. The third-order valence-corrected chi connectivity index (χ3v) is 2.79. The summed E-state index contributed by atoms with van der Waals surface area (Å²) in [5, 5.41) is 9.06. The highest BCUT2D eigenvalue weighted by Crippen LogP contribution is 2.22. The van der Waals surface area contributed by atoms with Crippen LogP contribution in [0, 0.1) is 11.8 Å². The molecule has 0 aromatic heterocycles. The minimum absolute atomic E-state index is 0.0806. The zero-order valence-electron chi connectivity index (χ0n) is 9.14. The van der Waals surface area contributed by atoms with Crippen molar-refractivity contribution in [3.63, 3.8) is 0 Å². The van der Waals surface area contributed by atoms with Gasteiger partial charge >= 0.3 is 5.97 Å². The number of hydrogen-bond acceptors (Lipinski definition) is 3. The second-order valence-corrected chi connectivity index (χ2v) is 4.38. The number of nitrogens with zero attached hydrogens (tertiary/aromatic N) is 1. The summed E-state index contributed by atoms with van der Waals surface area (Å²) < 4.78 is 0. The van der Waals surface area contributed by atoms with E-state index in [0.717, 1.165) is 0 Å². The summed E-state index contributed by atoms with van der Waals surface area (Å²) >= 11 is 0. The molecule has 0 saturated carbocycles. The molecule has 0 aromatic rings. The van der Waals surface area contributed by atoms with Gasteiger partial charge in [0.15, 0.2) is 0 Å². The number of carboxylic acids is 1. The summed E-state index contributed by atoms with van der Waals surface area (Å²) in [7, 11) is 0. The number of nitrogens with two attached hydrogens (primary N) is 1. The highest BCUT2D eigenvalue weighted by molar-refractivity contribution is 5.85. The maximum absolute atomic E-state index is 11.6. The summed E-state index contributed by atoms with van der Waals surface area (Å²) in [5.74, 6) is -0.997. The second-order valence-electron chi connectivity index (χ2n) is 4.38. The van der Waals surface area contributed by atoms with E-state index in [9.17, 15) is 9.59 Å². The van der Waals surface area contributed by atoms with E-state index >= 15 is 0 Å². The van der Waals surface area contributed by atoms with Crippen molar-refractivity contribution in [3.05, 3.63) is 0 Å². The van der Waals surface area contributed by atoms with Crippen molar-refractivity contribution in [2.24, 2.45) is 17.6 Å². The Morgan fingerprint density at radius 1 is 1.67 bits per heavy atom. The Labute approximate surface area is 89.2 Å². The molecule has 5 heteroatoms. The molecule has 1 amide bonds. The smallest absolute Gasteiger partial charge is 0.326 e. The Kier molecular flexibility index (Phi) is 3.68. The molecule has 1 saturated heterocycles. The van der Waals surface area contributed by atoms with Gasteiger partial charge in [-0.2, -0.15) is 0 Å². The fraction of sp³-hybridized carbons (Fsp3) is 0.800. The van der Waals surface area contributed by atoms with Gasteiger partial charge in [-0.25, -0.2) is 4.79 Å². The van der Waals surface area contributed by atoms with Crippen molar-refractivity contribution in [2.45, 2.75) is 26.3 Å². The Morgan fingerprint density at radius 2 is 2.27 bits per heavy atom. The van der Waals surface area contributed by atoms with Gasteiger partial charge in [-0.1, -0.05) is 13.8 Å². The Hall–Kier alpha value is -1.10. The molecule has 0 aliphatic carbocycles. The molecule has 3 N–H and O–H groups in total. The van der Waals surface area contributed by atoms with Crippen molar-refractivity contribution in [2.75, 3.05) is 13.1 Å². The van der Waals surface area contributed by atoms with Gasteiger partial charge in [0.2, 0.25) is 5.91 Å². The number of carbonyl (C=O) groups is 2. The average molecular weight is 214 g/mol. The maximum Gasteiger partial charge on any atom is 0.326 e. The SMILES string of the molecule is CC(C)[C@H](C(=O)O)N1CC(CN)CC1=O. The molecule has 2 atom stereocenters. The highest BCUT2D eigenvalue weighted by Gasteiger charge is 2.38. The van der Waals surface area contributed by atoms with E-state index in [1.165, 1.54) is 4.90 Å². The average Bonchev–Trinajstić information content (AvgIpc) is 2.46. The van der Waals surface area contributed by atoms with Gasteiger partial charge < -0.3 is 15.7 Å². The van der Waals surface area contributed by atoms with Crippen molar-refractivity contribution >= 4 is 11.9 Å². The molecule has 0 aromatic carbocycles. The van der Waals surface area contributed by atoms with Crippen LogP contribution in [-0.2, 0) is 9.59 Å². The molecular weight excluding hydrogens is 196 g/mol. The largest absolute Gasteiger partial charge is 0.480 e. The molecule has 15 heavy (non-hydrogen) atoms. The lowest BCUT2D eigenvalue weighted by molar-refractivity contribution is -0.150. The van der Waals surface area contributed by atoms with Gasteiger partial charge in [0.1, 0.15) is 6.04 Å². The first-order chi connectivity index (χ1) is 6.97. The van der Waals surface area contributed by atoms with Gasteiger partial charge in [-0.3, -0.25) is 4.79 Å². The van der Waals surface area contributed by atoms with Crippen molar-refractivity contribution in [3.8, 4) is 0 Å².